The normalized spacial score (nSPS) is 10.1. The van der Waals surface area contributed by atoms with Gasteiger partial charge in [-0.15, -0.1) is 0 Å². The lowest BCUT2D eigenvalue weighted by Crippen LogP contribution is -2.40. The summed E-state index contributed by atoms with van der Waals surface area (Å²) in [5.74, 6) is 10.1. The van der Waals surface area contributed by atoms with Crippen LogP contribution in [0.15, 0.2) is 48.5 Å². The Balaban J connectivity index is 2.32. The minimum Gasteiger partial charge on any atom is -0.468 e. The molecule has 0 atom stereocenters. The Kier molecular flexibility index (Phi) is 8.16. The molecule has 0 saturated carbocycles. The molecule has 0 unspecified atom stereocenters. The highest BCUT2D eigenvalue weighted by Gasteiger charge is 2.47. The summed E-state index contributed by atoms with van der Waals surface area (Å²) in [7, 11) is 2.42. The molecule has 0 heterocycles. The molecule has 0 spiro atoms. The van der Waals surface area contributed by atoms with Gasteiger partial charge in [-0.25, -0.2) is 0 Å². The third-order valence-electron chi connectivity index (χ3n) is 4.09. The van der Waals surface area contributed by atoms with Gasteiger partial charge in [0.25, 0.3) is 0 Å². The van der Waals surface area contributed by atoms with Crippen LogP contribution >= 0.6 is 23.2 Å². The molecular formula is C23H18Cl2O4. The summed E-state index contributed by atoms with van der Waals surface area (Å²) in [6.45, 7) is 0. The van der Waals surface area contributed by atoms with Crippen LogP contribution in [-0.2, 0) is 19.1 Å². The summed E-state index contributed by atoms with van der Waals surface area (Å²) in [4.78, 5) is 25.0. The van der Waals surface area contributed by atoms with E-state index >= 15 is 0 Å². The van der Waals surface area contributed by atoms with E-state index in [4.69, 9.17) is 32.7 Å². The largest absolute Gasteiger partial charge is 0.468 e. The van der Waals surface area contributed by atoms with Gasteiger partial charge < -0.3 is 9.47 Å². The Morgan fingerprint density at radius 2 is 1.10 bits per heavy atom. The van der Waals surface area contributed by atoms with Gasteiger partial charge in [0.1, 0.15) is 0 Å². The maximum atomic E-state index is 12.5. The topological polar surface area (TPSA) is 52.6 Å². The van der Waals surface area contributed by atoms with Gasteiger partial charge >= 0.3 is 11.9 Å². The fourth-order valence-electron chi connectivity index (χ4n) is 2.49. The van der Waals surface area contributed by atoms with E-state index in [9.17, 15) is 9.59 Å². The molecule has 0 radical (unpaired) electrons. The molecule has 2 aromatic carbocycles. The summed E-state index contributed by atoms with van der Waals surface area (Å²) in [6.07, 6.45) is -0.214. The monoisotopic (exact) mass is 428 g/mol. The van der Waals surface area contributed by atoms with Crippen molar-refractivity contribution in [3.8, 4) is 23.7 Å². The summed E-state index contributed by atoms with van der Waals surface area (Å²) < 4.78 is 9.73. The van der Waals surface area contributed by atoms with E-state index in [-0.39, 0.29) is 12.8 Å². The van der Waals surface area contributed by atoms with Gasteiger partial charge in [0.2, 0.25) is 0 Å². The molecule has 0 aromatic heterocycles. The van der Waals surface area contributed by atoms with Crippen molar-refractivity contribution in [2.24, 2.45) is 5.41 Å². The van der Waals surface area contributed by atoms with Gasteiger partial charge in [0, 0.05) is 34.0 Å². The van der Waals surface area contributed by atoms with E-state index in [0.29, 0.717) is 21.2 Å². The summed E-state index contributed by atoms with van der Waals surface area (Å²) in [5, 5.41) is 1.18. The fourth-order valence-corrected chi connectivity index (χ4v) is 2.74. The Hall–Kier alpha value is -2.92. The average molecular weight is 429 g/mol. The second-order valence-corrected chi connectivity index (χ2v) is 6.91. The highest BCUT2D eigenvalue weighted by Crippen LogP contribution is 2.30. The van der Waals surface area contributed by atoms with E-state index in [0.717, 1.165) is 0 Å². The van der Waals surface area contributed by atoms with E-state index < -0.39 is 17.4 Å². The molecule has 29 heavy (non-hydrogen) atoms. The van der Waals surface area contributed by atoms with Gasteiger partial charge in [-0.2, -0.15) is 0 Å². The van der Waals surface area contributed by atoms with Gasteiger partial charge in [-0.05, 0) is 48.5 Å². The molecule has 0 aliphatic carbocycles. The average Bonchev–Trinajstić information content (AvgIpc) is 2.74. The second kappa shape index (κ2) is 10.6. The third-order valence-corrected chi connectivity index (χ3v) is 4.59. The van der Waals surface area contributed by atoms with E-state index in [1.807, 2.05) is 0 Å². The summed E-state index contributed by atoms with van der Waals surface area (Å²) in [6, 6.07) is 13.8. The number of carbonyl (C=O) groups excluding carboxylic acids is 2. The number of esters is 2. The zero-order chi connectivity index (χ0) is 21.3. The number of hydrogen-bond acceptors (Lipinski definition) is 4. The van der Waals surface area contributed by atoms with Crippen LogP contribution in [0.3, 0.4) is 0 Å². The van der Waals surface area contributed by atoms with Crippen molar-refractivity contribution in [3.63, 3.8) is 0 Å². The number of benzene rings is 2. The third kappa shape index (κ3) is 6.03. The standard InChI is InChI=1S/C23H18Cl2O4/c1-28-21(26)23(22(27)29-2,15-3-5-17-7-11-19(24)12-8-17)16-4-6-18-9-13-20(25)14-10-18/h7-14H,15-16H2,1-2H3. The van der Waals surface area contributed by atoms with Crippen molar-refractivity contribution >= 4 is 35.1 Å². The molecule has 0 saturated heterocycles. The Bertz CT molecular complexity index is 904. The molecule has 0 aliphatic heterocycles. The van der Waals surface area contributed by atoms with E-state index in [1.54, 1.807) is 48.5 Å². The van der Waals surface area contributed by atoms with Crippen LogP contribution in [0.1, 0.15) is 24.0 Å². The molecular weight excluding hydrogens is 411 g/mol. The number of halogens is 2. The minimum absolute atomic E-state index is 0.107. The van der Waals surface area contributed by atoms with Gasteiger partial charge in [-0.3, -0.25) is 9.59 Å². The van der Waals surface area contributed by atoms with E-state index in [2.05, 4.69) is 23.7 Å². The Labute approximate surface area is 180 Å². The van der Waals surface area contributed by atoms with Crippen LogP contribution in [-0.4, -0.2) is 26.2 Å². The fraction of sp³-hybridized carbons (Fsp3) is 0.217. The lowest BCUT2D eigenvalue weighted by atomic mass is 9.81. The van der Waals surface area contributed by atoms with Crippen LogP contribution in [0.25, 0.3) is 0 Å². The maximum Gasteiger partial charge on any atom is 0.325 e. The predicted molar refractivity (Wildman–Crippen MR) is 112 cm³/mol. The second-order valence-electron chi connectivity index (χ2n) is 6.04. The van der Waals surface area contributed by atoms with Crippen molar-refractivity contribution in [1.29, 1.82) is 0 Å². The summed E-state index contributed by atoms with van der Waals surface area (Å²) >= 11 is 11.7. The first-order valence-corrected chi connectivity index (χ1v) is 9.32. The van der Waals surface area contributed by atoms with Crippen molar-refractivity contribution in [2.75, 3.05) is 14.2 Å². The zero-order valence-electron chi connectivity index (χ0n) is 15.9. The highest BCUT2D eigenvalue weighted by molar-refractivity contribution is 6.30. The molecule has 4 nitrogen and oxygen atoms in total. The van der Waals surface area contributed by atoms with Gasteiger partial charge in [0.05, 0.1) is 14.2 Å². The molecule has 0 amide bonds. The van der Waals surface area contributed by atoms with Crippen molar-refractivity contribution in [2.45, 2.75) is 12.8 Å². The maximum absolute atomic E-state index is 12.5. The van der Waals surface area contributed by atoms with Crippen molar-refractivity contribution in [1.82, 2.24) is 0 Å². The van der Waals surface area contributed by atoms with Crippen molar-refractivity contribution < 1.29 is 19.1 Å². The first kappa shape index (κ1) is 22.4. The number of carbonyl (C=O) groups is 2. The molecule has 2 rings (SSSR count). The Morgan fingerprint density at radius 3 is 1.41 bits per heavy atom. The lowest BCUT2D eigenvalue weighted by Gasteiger charge is -2.23. The summed E-state index contributed by atoms with van der Waals surface area (Å²) in [5.41, 5.74) is -0.252. The smallest absolute Gasteiger partial charge is 0.325 e. The Morgan fingerprint density at radius 1 is 0.759 bits per heavy atom. The molecule has 0 fully saturated rings. The lowest BCUT2D eigenvalue weighted by molar-refractivity contribution is -0.168. The molecule has 0 bridgehead atoms. The van der Waals surface area contributed by atoms with E-state index in [1.165, 1.54) is 14.2 Å². The highest BCUT2D eigenvalue weighted by atomic mass is 35.5. The quantitative estimate of drug-likeness (QED) is 0.408. The first-order chi connectivity index (χ1) is 13.9. The molecule has 6 heteroatoms. The van der Waals surface area contributed by atoms with Crippen LogP contribution in [0.4, 0.5) is 0 Å². The number of methoxy groups -OCH3 is 2. The zero-order valence-corrected chi connectivity index (χ0v) is 17.4. The number of hydrogen-bond donors (Lipinski definition) is 0. The van der Waals surface area contributed by atoms with Crippen LogP contribution in [0.5, 0.6) is 0 Å². The number of ether oxygens (including phenoxy) is 2. The van der Waals surface area contributed by atoms with Gasteiger partial charge in [-0.1, -0.05) is 46.9 Å². The minimum atomic E-state index is -1.65. The first-order valence-electron chi connectivity index (χ1n) is 8.57. The predicted octanol–water partition coefficient (Wildman–Crippen LogP) is 4.51. The van der Waals surface area contributed by atoms with Crippen LogP contribution in [0, 0.1) is 29.1 Å². The van der Waals surface area contributed by atoms with Crippen LogP contribution in [0.2, 0.25) is 10.0 Å². The van der Waals surface area contributed by atoms with Gasteiger partial charge in [0.15, 0.2) is 5.41 Å². The molecule has 0 N–H and O–H groups in total. The molecule has 0 aliphatic rings. The molecule has 148 valence electrons. The van der Waals surface area contributed by atoms with Crippen LogP contribution < -0.4 is 0 Å². The van der Waals surface area contributed by atoms with Crippen molar-refractivity contribution in [3.05, 3.63) is 69.7 Å². The SMILES string of the molecule is COC(=O)C(CC#Cc1ccc(Cl)cc1)(CC#Cc1ccc(Cl)cc1)C(=O)OC. The molecule has 2 aromatic rings. The number of rotatable bonds is 4.